The van der Waals surface area contributed by atoms with Crippen molar-refractivity contribution in [2.24, 2.45) is 29.6 Å². The predicted octanol–water partition coefficient (Wildman–Crippen LogP) is 4.51. The average Bonchev–Trinajstić information content (AvgIpc) is 3.62. The Balaban J connectivity index is 1.20. The van der Waals surface area contributed by atoms with Gasteiger partial charge in [-0.3, -0.25) is 24.1 Å². The van der Waals surface area contributed by atoms with Crippen LogP contribution in [0.2, 0.25) is 5.02 Å². The number of aryl methyl sites for hydroxylation is 1. The van der Waals surface area contributed by atoms with Crippen molar-refractivity contribution in [1.29, 1.82) is 0 Å². The molecule has 6 unspecified atom stereocenters. The highest BCUT2D eigenvalue weighted by Crippen LogP contribution is 2.68. The van der Waals surface area contributed by atoms with Gasteiger partial charge in [-0.25, -0.2) is 0 Å². The number of rotatable bonds is 4. The number of halogens is 1. The summed E-state index contributed by atoms with van der Waals surface area (Å²) in [4.78, 5) is 57.6. The molecule has 2 aliphatic heterocycles. The lowest BCUT2D eigenvalue weighted by Crippen LogP contribution is -2.42. The van der Waals surface area contributed by atoms with Gasteiger partial charge in [0.2, 0.25) is 17.7 Å². The Morgan fingerprint density at radius 2 is 1.76 bits per heavy atom. The van der Waals surface area contributed by atoms with Crippen molar-refractivity contribution >= 4 is 58.1 Å². The number of anilines is 1. The van der Waals surface area contributed by atoms with Crippen molar-refractivity contribution in [1.82, 2.24) is 9.88 Å². The number of carbonyl (C=O) groups excluding carboxylic acids is 3. The van der Waals surface area contributed by atoms with Crippen LogP contribution in [0.3, 0.4) is 0 Å². The summed E-state index contributed by atoms with van der Waals surface area (Å²) in [5, 5.41) is 4.47. The molecular formula is C28H24ClN3O4S2. The van der Waals surface area contributed by atoms with Gasteiger partial charge >= 0.3 is 4.87 Å². The predicted molar refractivity (Wildman–Crippen MR) is 146 cm³/mol. The maximum atomic E-state index is 13.7. The lowest BCUT2D eigenvalue weighted by atomic mass is 9.68. The highest BCUT2D eigenvalue weighted by atomic mass is 35.5. The van der Waals surface area contributed by atoms with Crippen LogP contribution >= 0.6 is 34.7 Å². The van der Waals surface area contributed by atoms with Gasteiger partial charge in [0, 0.05) is 26.8 Å². The number of imide groups is 1. The normalized spacial score (nSPS) is 30.8. The highest BCUT2D eigenvalue weighted by molar-refractivity contribution is 8.00. The van der Waals surface area contributed by atoms with Crippen molar-refractivity contribution < 1.29 is 14.4 Å². The number of thiazole rings is 1. The third kappa shape index (κ3) is 3.55. The lowest BCUT2D eigenvalue weighted by Gasteiger charge is -2.43. The molecule has 2 saturated carbocycles. The first-order valence-corrected chi connectivity index (χ1v) is 14.7. The Hall–Kier alpha value is -2.88. The van der Waals surface area contributed by atoms with Crippen molar-refractivity contribution in [2.75, 3.05) is 11.9 Å². The minimum Gasteiger partial charge on any atom is -0.324 e. The van der Waals surface area contributed by atoms with E-state index in [1.165, 1.54) is 16.2 Å². The van der Waals surface area contributed by atoms with Gasteiger partial charge in [0.05, 0.1) is 16.9 Å². The molecule has 2 N–H and O–H groups in total. The summed E-state index contributed by atoms with van der Waals surface area (Å²) < 4.78 is 0. The number of hydrogen-bond acceptors (Lipinski definition) is 6. The first kappa shape index (κ1) is 24.2. The summed E-state index contributed by atoms with van der Waals surface area (Å²) in [5.74, 6) is -1.59. The van der Waals surface area contributed by atoms with Gasteiger partial charge in [-0.05, 0) is 60.4 Å². The zero-order chi connectivity index (χ0) is 26.3. The number of aromatic amines is 1. The van der Waals surface area contributed by atoms with Crippen LogP contribution < -0.4 is 10.2 Å². The average molecular weight is 566 g/mol. The first-order valence-electron chi connectivity index (χ1n) is 12.7. The Kier molecular flexibility index (Phi) is 5.62. The van der Waals surface area contributed by atoms with Crippen LogP contribution in [0.4, 0.5) is 5.69 Å². The van der Waals surface area contributed by atoms with Gasteiger partial charge in [-0.1, -0.05) is 53.3 Å². The molecule has 7 rings (SSSR count). The molecule has 3 aromatic rings. The lowest BCUT2D eigenvalue weighted by molar-refractivity contribution is -0.143. The smallest absolute Gasteiger partial charge is 0.305 e. The fraction of sp³-hybridized carbons (Fsp3) is 0.357. The van der Waals surface area contributed by atoms with Crippen molar-refractivity contribution in [2.45, 2.75) is 29.5 Å². The summed E-state index contributed by atoms with van der Waals surface area (Å²) in [7, 11) is 0. The quantitative estimate of drug-likeness (QED) is 0.454. The minimum atomic E-state index is -0.423. The number of hydrogen-bond donors (Lipinski definition) is 2. The molecule has 0 radical (unpaired) electrons. The molecule has 2 bridgehead atoms. The van der Waals surface area contributed by atoms with E-state index in [1.54, 1.807) is 17.8 Å². The molecule has 10 heteroatoms. The molecule has 2 aromatic carbocycles. The van der Waals surface area contributed by atoms with Crippen molar-refractivity contribution in [3.8, 4) is 0 Å². The Morgan fingerprint density at radius 3 is 2.50 bits per heavy atom. The second kappa shape index (κ2) is 8.83. The molecule has 1 aromatic heterocycles. The van der Waals surface area contributed by atoms with Gasteiger partial charge in [0.25, 0.3) is 0 Å². The first-order chi connectivity index (χ1) is 18.3. The number of carbonyl (C=O) groups is 3. The number of likely N-dealkylation sites (tertiary alicyclic amines) is 1. The van der Waals surface area contributed by atoms with Gasteiger partial charge < -0.3 is 10.3 Å². The van der Waals surface area contributed by atoms with Gasteiger partial charge in [0.1, 0.15) is 6.54 Å². The van der Waals surface area contributed by atoms with E-state index < -0.39 is 11.8 Å². The van der Waals surface area contributed by atoms with Crippen LogP contribution in [0, 0.1) is 36.5 Å². The fourth-order valence-electron chi connectivity index (χ4n) is 7.32. The zero-order valence-corrected chi connectivity index (χ0v) is 22.7. The molecule has 194 valence electrons. The monoisotopic (exact) mass is 565 g/mol. The van der Waals surface area contributed by atoms with Crippen LogP contribution in [0.5, 0.6) is 0 Å². The standard InChI is InChI=1S/C28H24ClN3O4S2/c1-12-4-2-3-5-17(12)30-18(33)11-32-26(34)21-15-10-16(22(21)27(32)35)23-20(15)19(13-6-8-14(29)9-7-13)24-25(37-23)31-28(36)38-24/h2-9,15-16,19-23H,10-11H2,1H3,(H,30,33)(H,31,36)/t15?,16?,19-,20?,21?,22?,23?/m1/s1. The van der Waals surface area contributed by atoms with E-state index in [1.807, 2.05) is 49.4 Å². The van der Waals surface area contributed by atoms with Crippen molar-refractivity contribution in [3.63, 3.8) is 0 Å². The molecule has 1 saturated heterocycles. The second-order valence-electron chi connectivity index (χ2n) is 10.6. The Morgan fingerprint density at radius 1 is 1.05 bits per heavy atom. The van der Waals surface area contributed by atoms with E-state index >= 15 is 0 Å². The maximum Gasteiger partial charge on any atom is 0.305 e. The van der Waals surface area contributed by atoms with Crippen LogP contribution in [0.25, 0.3) is 0 Å². The molecular weight excluding hydrogens is 542 g/mol. The van der Waals surface area contributed by atoms with E-state index in [0.717, 1.165) is 27.5 Å². The maximum absolute atomic E-state index is 13.7. The van der Waals surface area contributed by atoms with E-state index in [2.05, 4.69) is 10.3 Å². The van der Waals surface area contributed by atoms with Gasteiger partial charge in [-0.15, -0.1) is 11.8 Å². The number of nitrogens with zero attached hydrogens (tertiary/aromatic N) is 1. The second-order valence-corrected chi connectivity index (χ2v) is 13.3. The Labute approximate surface area is 232 Å². The summed E-state index contributed by atoms with van der Waals surface area (Å²) >= 11 is 9.06. The largest absolute Gasteiger partial charge is 0.324 e. The molecule has 7 nitrogen and oxygen atoms in total. The molecule has 7 atom stereocenters. The summed E-state index contributed by atoms with van der Waals surface area (Å²) in [6, 6.07) is 15.1. The summed E-state index contributed by atoms with van der Waals surface area (Å²) in [6.07, 6.45) is 0.807. The topological polar surface area (TPSA) is 99.3 Å². The van der Waals surface area contributed by atoms with Crippen LogP contribution in [0.1, 0.15) is 28.3 Å². The van der Waals surface area contributed by atoms with Crippen LogP contribution in [-0.2, 0) is 14.4 Å². The SMILES string of the molecule is Cc1ccccc1NC(=O)CN1C(=O)C2C3CC(C2C1=O)C1C3Sc2[nH]c(=O)sc2[C@@H]1c1ccc(Cl)cc1. The molecule has 0 spiro atoms. The number of benzene rings is 2. The van der Waals surface area contributed by atoms with Gasteiger partial charge in [0.15, 0.2) is 0 Å². The molecule has 3 fully saturated rings. The van der Waals surface area contributed by atoms with Crippen molar-refractivity contribution in [3.05, 3.63) is 79.2 Å². The summed E-state index contributed by atoms with van der Waals surface area (Å²) in [5.41, 5.74) is 2.65. The third-order valence-electron chi connectivity index (χ3n) is 8.77. The van der Waals surface area contributed by atoms with Crippen LogP contribution in [0.15, 0.2) is 58.4 Å². The van der Waals surface area contributed by atoms with E-state index in [0.29, 0.717) is 10.7 Å². The number of H-pyrrole nitrogens is 1. The molecule has 3 amide bonds. The number of thioether (sulfide) groups is 1. The number of aromatic nitrogens is 1. The van der Waals surface area contributed by atoms with E-state index in [-0.39, 0.29) is 58.1 Å². The Bertz CT molecular complexity index is 1550. The molecule has 2 aliphatic carbocycles. The van der Waals surface area contributed by atoms with Gasteiger partial charge in [-0.2, -0.15) is 0 Å². The number of amides is 3. The van der Waals surface area contributed by atoms with E-state index in [9.17, 15) is 19.2 Å². The third-order valence-corrected chi connectivity index (χ3v) is 11.6. The summed E-state index contributed by atoms with van der Waals surface area (Å²) in [6.45, 7) is 1.62. The number of nitrogens with one attached hydrogen (secondary N) is 2. The number of fused-ring (bicyclic) bond motifs is 9. The van der Waals surface area contributed by atoms with Crippen LogP contribution in [-0.4, -0.2) is 39.4 Å². The highest BCUT2D eigenvalue weighted by Gasteiger charge is 2.69. The number of para-hydroxylation sites is 1. The minimum absolute atomic E-state index is 0.00871. The molecule has 3 heterocycles. The zero-order valence-electron chi connectivity index (χ0n) is 20.3. The molecule has 4 aliphatic rings. The molecule has 38 heavy (non-hydrogen) atoms. The fourth-order valence-corrected chi connectivity index (χ4v) is 10.3. The van der Waals surface area contributed by atoms with E-state index in [4.69, 9.17) is 11.6 Å².